The van der Waals surface area contributed by atoms with Crippen molar-refractivity contribution in [3.63, 3.8) is 0 Å². The highest BCUT2D eigenvalue weighted by atomic mass is 32.1. The van der Waals surface area contributed by atoms with Crippen molar-refractivity contribution in [1.82, 2.24) is 24.8 Å². The zero-order chi connectivity index (χ0) is 25.7. The van der Waals surface area contributed by atoms with Gasteiger partial charge in [0.05, 0.1) is 12.3 Å². The predicted molar refractivity (Wildman–Crippen MR) is 135 cm³/mol. The van der Waals surface area contributed by atoms with Crippen LogP contribution in [0.25, 0.3) is 11.0 Å². The van der Waals surface area contributed by atoms with Gasteiger partial charge >= 0.3 is 0 Å². The van der Waals surface area contributed by atoms with Crippen molar-refractivity contribution >= 4 is 44.7 Å². The second kappa shape index (κ2) is 11.1. The van der Waals surface area contributed by atoms with Crippen LogP contribution in [-0.2, 0) is 17.8 Å². The first-order valence-electron chi connectivity index (χ1n) is 10.9. The Kier molecular flexibility index (Phi) is 7.67. The summed E-state index contributed by atoms with van der Waals surface area (Å²) in [5.74, 6) is 0.271. The van der Waals surface area contributed by atoms with Gasteiger partial charge in [-0.2, -0.15) is 14.9 Å². The average molecular weight is 524 g/mol. The zero-order valence-electron chi connectivity index (χ0n) is 19.6. The number of hydrogen-bond donors (Lipinski definition) is 1. The number of ether oxygens (including phenoxy) is 2. The number of nitrogens with one attached hydrogen (secondary N) is 1. The van der Waals surface area contributed by atoms with Crippen LogP contribution in [0.5, 0.6) is 11.5 Å². The van der Waals surface area contributed by atoms with Gasteiger partial charge in [0.2, 0.25) is 10.1 Å². The molecule has 0 bridgehead atoms. The summed E-state index contributed by atoms with van der Waals surface area (Å²) in [4.78, 5) is 29.7. The van der Waals surface area contributed by atoms with Gasteiger partial charge < -0.3 is 9.47 Å². The van der Waals surface area contributed by atoms with Gasteiger partial charge in [-0.1, -0.05) is 35.7 Å². The fourth-order valence-electron chi connectivity index (χ4n) is 3.11. The maximum Gasteiger partial charge on any atom is 0.275 e. The molecule has 0 atom stereocenters. The van der Waals surface area contributed by atoms with E-state index in [2.05, 4.69) is 25.6 Å². The fourth-order valence-corrected chi connectivity index (χ4v) is 4.55. The quantitative estimate of drug-likeness (QED) is 0.258. The monoisotopic (exact) mass is 523 g/mol. The van der Waals surface area contributed by atoms with E-state index >= 15 is 0 Å². The molecule has 0 radical (unpaired) electrons. The van der Waals surface area contributed by atoms with Crippen LogP contribution < -0.4 is 20.3 Å². The molecule has 0 unspecified atom stereocenters. The van der Waals surface area contributed by atoms with E-state index < -0.39 is 5.91 Å². The number of hydrogen-bond acceptors (Lipinski definition) is 11. The smallest absolute Gasteiger partial charge is 0.275 e. The molecule has 4 rings (SSSR count). The number of carbonyl (C=O) groups is 1. The first kappa shape index (κ1) is 25.0. The van der Waals surface area contributed by atoms with Crippen LogP contribution in [0, 0.1) is 18.3 Å². The van der Waals surface area contributed by atoms with Crippen molar-refractivity contribution in [1.29, 1.82) is 5.26 Å². The number of rotatable bonds is 9. The molecule has 1 amide bonds. The maximum absolute atomic E-state index is 12.5. The molecule has 184 valence electrons. The fraction of sp³-hybridized carbons (Fsp3) is 0.261. The molecule has 3 aromatic heterocycles. The number of aromatic nitrogens is 5. The van der Waals surface area contributed by atoms with Crippen LogP contribution in [-0.4, -0.2) is 37.3 Å². The Hall–Kier alpha value is -4.15. The van der Waals surface area contributed by atoms with E-state index in [1.165, 1.54) is 39.3 Å². The number of anilines is 1. The molecule has 1 N–H and O–H groups in total. The Balaban J connectivity index is 1.52. The molecule has 0 aliphatic heterocycles. The molecule has 13 heteroatoms. The molecule has 0 saturated carbocycles. The van der Waals surface area contributed by atoms with Gasteiger partial charge in [0.1, 0.15) is 28.3 Å². The van der Waals surface area contributed by atoms with Crippen molar-refractivity contribution < 1.29 is 14.3 Å². The highest BCUT2D eigenvalue weighted by Crippen LogP contribution is 2.30. The molecule has 4 aromatic rings. The summed E-state index contributed by atoms with van der Waals surface area (Å²) < 4.78 is 12.8. The Morgan fingerprint density at radius 3 is 2.75 bits per heavy atom. The Morgan fingerprint density at radius 2 is 2.03 bits per heavy atom. The minimum absolute atomic E-state index is 0.0470. The third kappa shape index (κ3) is 5.73. The van der Waals surface area contributed by atoms with Crippen molar-refractivity contribution in [3.05, 3.63) is 61.5 Å². The van der Waals surface area contributed by atoms with E-state index in [1.807, 2.05) is 19.9 Å². The molecule has 0 spiro atoms. The number of amides is 1. The minimum atomic E-state index is -0.583. The van der Waals surface area contributed by atoms with Gasteiger partial charge in [0, 0.05) is 6.07 Å². The van der Waals surface area contributed by atoms with Crippen LogP contribution in [0.2, 0.25) is 0 Å². The number of nitrogens with zero attached hydrogens (tertiary/aromatic N) is 6. The van der Waals surface area contributed by atoms with E-state index in [1.54, 1.807) is 25.1 Å². The first-order chi connectivity index (χ1) is 17.4. The lowest BCUT2D eigenvalue weighted by molar-refractivity contribution is -0.112. The number of nitriles is 1. The largest absolute Gasteiger partial charge is 0.490 e. The topological polar surface area (TPSA) is 144 Å². The second-order valence-electron chi connectivity index (χ2n) is 7.31. The summed E-state index contributed by atoms with van der Waals surface area (Å²) in [5, 5.41) is 26.0. The standard InChI is InChI=1S/C23H21N7O4S2/c1-4-19-27-28-22(36-19)26-21(32)15(11-24)8-14-6-7-17(18(9-14)33-5-2)34-12-16-10-20(31)30-23(25-16)35-13(3)29-30/h6-10H,4-5,12H2,1-3H3,(H,26,28,32). The van der Waals surface area contributed by atoms with Crippen LogP contribution in [0.4, 0.5) is 5.13 Å². The van der Waals surface area contributed by atoms with Crippen LogP contribution in [0.15, 0.2) is 34.6 Å². The molecule has 3 heterocycles. The summed E-state index contributed by atoms with van der Waals surface area (Å²) in [6.07, 6.45) is 2.15. The Labute approximate surface area is 213 Å². The van der Waals surface area contributed by atoms with Crippen LogP contribution in [0.1, 0.15) is 35.1 Å². The Bertz CT molecular complexity index is 1550. The SMILES string of the molecule is CCOc1cc(C=C(C#N)C(=O)Nc2nnc(CC)s2)ccc1OCc1cc(=O)n2nc(C)sc2n1. The number of benzene rings is 1. The lowest BCUT2D eigenvalue weighted by Crippen LogP contribution is -2.16. The third-order valence-electron chi connectivity index (χ3n) is 4.71. The number of aryl methyl sites for hydroxylation is 2. The van der Waals surface area contributed by atoms with E-state index in [0.717, 1.165) is 10.0 Å². The average Bonchev–Trinajstić information content (AvgIpc) is 3.47. The van der Waals surface area contributed by atoms with E-state index in [4.69, 9.17) is 9.47 Å². The number of carbonyl (C=O) groups excluding carboxylic acids is 1. The predicted octanol–water partition coefficient (Wildman–Crippen LogP) is 3.40. The molecule has 11 nitrogen and oxygen atoms in total. The number of fused-ring (bicyclic) bond motifs is 1. The normalized spacial score (nSPS) is 11.3. The van der Waals surface area contributed by atoms with Crippen molar-refractivity contribution in [2.45, 2.75) is 33.8 Å². The van der Waals surface area contributed by atoms with Crippen molar-refractivity contribution in [2.75, 3.05) is 11.9 Å². The van der Waals surface area contributed by atoms with Crippen LogP contribution in [0.3, 0.4) is 0 Å². The molecule has 0 saturated heterocycles. The third-order valence-corrected chi connectivity index (χ3v) is 6.51. The summed E-state index contributed by atoms with van der Waals surface area (Å²) >= 11 is 2.57. The van der Waals surface area contributed by atoms with Gasteiger partial charge in [-0.05, 0) is 44.0 Å². The minimum Gasteiger partial charge on any atom is -0.490 e. The van der Waals surface area contributed by atoms with Crippen molar-refractivity contribution in [2.24, 2.45) is 0 Å². The first-order valence-corrected chi connectivity index (χ1v) is 12.5. The molecular weight excluding hydrogens is 502 g/mol. The lowest BCUT2D eigenvalue weighted by Gasteiger charge is -2.12. The van der Waals surface area contributed by atoms with Gasteiger partial charge in [0.15, 0.2) is 11.5 Å². The van der Waals surface area contributed by atoms with Gasteiger partial charge in [-0.25, -0.2) is 4.98 Å². The second-order valence-corrected chi connectivity index (χ2v) is 9.53. The summed E-state index contributed by atoms with van der Waals surface area (Å²) in [5.41, 5.74) is 0.649. The maximum atomic E-state index is 12.5. The lowest BCUT2D eigenvalue weighted by atomic mass is 10.1. The molecular formula is C23H21N7O4S2. The van der Waals surface area contributed by atoms with E-state index in [9.17, 15) is 14.9 Å². The van der Waals surface area contributed by atoms with Crippen LogP contribution >= 0.6 is 22.7 Å². The zero-order valence-corrected chi connectivity index (χ0v) is 21.3. The highest BCUT2D eigenvalue weighted by molar-refractivity contribution is 7.16. The highest BCUT2D eigenvalue weighted by Gasteiger charge is 2.14. The molecule has 0 aliphatic carbocycles. The van der Waals surface area contributed by atoms with Crippen molar-refractivity contribution in [3.8, 4) is 17.6 Å². The molecule has 0 fully saturated rings. The van der Waals surface area contributed by atoms with Gasteiger partial charge in [0.25, 0.3) is 11.5 Å². The molecule has 0 aliphatic rings. The summed E-state index contributed by atoms with van der Waals surface area (Å²) in [6.45, 7) is 5.99. The molecule has 1 aromatic carbocycles. The van der Waals surface area contributed by atoms with E-state index in [-0.39, 0.29) is 17.7 Å². The van der Waals surface area contributed by atoms with E-state index in [0.29, 0.717) is 45.9 Å². The Morgan fingerprint density at radius 1 is 1.19 bits per heavy atom. The summed E-state index contributed by atoms with van der Waals surface area (Å²) in [7, 11) is 0. The molecule has 36 heavy (non-hydrogen) atoms. The van der Waals surface area contributed by atoms with Gasteiger partial charge in [-0.3, -0.25) is 14.9 Å². The summed E-state index contributed by atoms with van der Waals surface area (Å²) in [6, 6.07) is 8.33. The van der Waals surface area contributed by atoms with Gasteiger partial charge in [-0.15, -0.1) is 10.2 Å².